The van der Waals surface area contributed by atoms with Crippen LogP contribution in [0.2, 0.25) is 0 Å². The zero-order valence-corrected chi connectivity index (χ0v) is 10.7. The maximum absolute atomic E-state index is 13.5. The van der Waals surface area contributed by atoms with E-state index in [1.807, 2.05) is 0 Å². The van der Waals surface area contributed by atoms with Gasteiger partial charge in [-0.2, -0.15) is 4.39 Å². The molecule has 0 saturated carbocycles. The van der Waals surface area contributed by atoms with Crippen LogP contribution in [0.3, 0.4) is 0 Å². The van der Waals surface area contributed by atoms with Gasteiger partial charge in [-0.15, -0.1) is 0 Å². The minimum Gasteiger partial charge on any atom is -0.380 e. The lowest BCUT2D eigenvalue weighted by molar-refractivity contribution is 0.102. The molecule has 0 aliphatic heterocycles. The summed E-state index contributed by atoms with van der Waals surface area (Å²) in [5.74, 6) is -3.32. The summed E-state index contributed by atoms with van der Waals surface area (Å²) in [6.45, 7) is 0.295. The second-order valence-electron chi connectivity index (χ2n) is 4.01. The van der Waals surface area contributed by atoms with Gasteiger partial charge in [0.2, 0.25) is 5.95 Å². The number of rotatable bonds is 4. The molecule has 0 fully saturated rings. The van der Waals surface area contributed by atoms with Gasteiger partial charge in [0.05, 0.1) is 12.2 Å². The smallest absolute Gasteiger partial charge is 0.258 e. The number of para-hydroxylation sites is 1. The van der Waals surface area contributed by atoms with E-state index < -0.39 is 23.2 Å². The Hall–Kier alpha value is -2.34. The number of hydrogen-bond donors (Lipinski definition) is 1. The van der Waals surface area contributed by atoms with E-state index in [4.69, 9.17) is 4.74 Å². The molecule has 0 aliphatic carbocycles. The average Bonchev–Trinajstić information content (AvgIpc) is 2.44. The van der Waals surface area contributed by atoms with Crippen LogP contribution in [-0.4, -0.2) is 18.0 Å². The predicted molar refractivity (Wildman–Crippen MR) is 69.3 cm³/mol. The van der Waals surface area contributed by atoms with Crippen molar-refractivity contribution in [3.8, 4) is 0 Å². The second kappa shape index (κ2) is 6.21. The molecule has 0 unspecified atom stereocenters. The Labute approximate surface area is 114 Å². The number of amides is 1. The molecular formula is C14H12F2N2O2. The van der Waals surface area contributed by atoms with E-state index >= 15 is 0 Å². The Kier molecular flexibility index (Phi) is 4.37. The minimum absolute atomic E-state index is 0.295. The highest BCUT2D eigenvalue weighted by Gasteiger charge is 2.17. The number of nitrogens with one attached hydrogen (secondary N) is 1. The topological polar surface area (TPSA) is 51.2 Å². The lowest BCUT2D eigenvalue weighted by Crippen LogP contribution is -2.16. The van der Waals surface area contributed by atoms with E-state index in [0.717, 1.165) is 17.8 Å². The van der Waals surface area contributed by atoms with Crippen molar-refractivity contribution >= 4 is 11.6 Å². The zero-order valence-electron chi connectivity index (χ0n) is 10.7. The summed E-state index contributed by atoms with van der Waals surface area (Å²) < 4.78 is 31.5. The van der Waals surface area contributed by atoms with Crippen molar-refractivity contribution in [1.29, 1.82) is 0 Å². The van der Waals surface area contributed by atoms with Crippen LogP contribution in [-0.2, 0) is 11.3 Å². The number of hydrogen-bond acceptors (Lipinski definition) is 3. The van der Waals surface area contributed by atoms with Gasteiger partial charge < -0.3 is 10.1 Å². The van der Waals surface area contributed by atoms with Gasteiger partial charge in [-0.3, -0.25) is 4.79 Å². The number of aromatic nitrogens is 1. The van der Waals surface area contributed by atoms with Crippen molar-refractivity contribution in [3.63, 3.8) is 0 Å². The first-order valence-electron chi connectivity index (χ1n) is 5.81. The maximum Gasteiger partial charge on any atom is 0.258 e. The molecule has 0 saturated heterocycles. The van der Waals surface area contributed by atoms with E-state index in [1.165, 1.54) is 7.11 Å². The summed E-state index contributed by atoms with van der Waals surface area (Å²) in [6.07, 6.45) is 1.04. The molecule has 0 spiro atoms. The molecule has 1 aromatic heterocycles. The lowest BCUT2D eigenvalue weighted by Gasteiger charge is -2.10. The maximum atomic E-state index is 13.5. The molecule has 0 aliphatic rings. The average molecular weight is 278 g/mol. The Morgan fingerprint density at radius 3 is 2.80 bits per heavy atom. The first-order valence-corrected chi connectivity index (χ1v) is 5.81. The van der Waals surface area contributed by atoms with Crippen LogP contribution < -0.4 is 5.32 Å². The molecule has 1 aromatic carbocycles. The van der Waals surface area contributed by atoms with Crippen LogP contribution in [0.5, 0.6) is 0 Å². The molecule has 0 bridgehead atoms. The summed E-state index contributed by atoms with van der Waals surface area (Å²) >= 11 is 0. The summed E-state index contributed by atoms with van der Waals surface area (Å²) in [7, 11) is 1.52. The van der Waals surface area contributed by atoms with Crippen molar-refractivity contribution in [2.75, 3.05) is 12.4 Å². The van der Waals surface area contributed by atoms with Crippen LogP contribution in [0, 0.1) is 11.8 Å². The lowest BCUT2D eigenvalue weighted by atomic mass is 10.1. The Bertz CT molecular complexity index is 632. The van der Waals surface area contributed by atoms with E-state index in [2.05, 4.69) is 10.3 Å². The number of nitrogens with zero attached hydrogens (tertiary/aromatic N) is 1. The van der Waals surface area contributed by atoms with Crippen LogP contribution >= 0.6 is 0 Å². The number of pyridine rings is 1. The van der Waals surface area contributed by atoms with Gasteiger partial charge in [0.25, 0.3) is 5.91 Å². The summed E-state index contributed by atoms with van der Waals surface area (Å²) in [5, 5.41) is 2.53. The van der Waals surface area contributed by atoms with Gasteiger partial charge in [-0.05, 0) is 12.1 Å². The molecule has 1 heterocycles. The van der Waals surface area contributed by atoms with Gasteiger partial charge in [0.1, 0.15) is 0 Å². The number of methoxy groups -OCH3 is 1. The van der Waals surface area contributed by atoms with Gasteiger partial charge in [0, 0.05) is 24.6 Å². The SMILES string of the molecule is COCc1ccccc1NC(=O)c1ccnc(F)c1F. The fourth-order valence-corrected chi connectivity index (χ4v) is 1.71. The Balaban J connectivity index is 2.26. The molecule has 20 heavy (non-hydrogen) atoms. The highest BCUT2D eigenvalue weighted by molar-refractivity contribution is 6.04. The largest absolute Gasteiger partial charge is 0.380 e. The van der Waals surface area contributed by atoms with Gasteiger partial charge >= 0.3 is 0 Å². The normalized spacial score (nSPS) is 10.3. The molecule has 1 N–H and O–H groups in total. The number of anilines is 1. The molecule has 6 heteroatoms. The van der Waals surface area contributed by atoms with E-state index in [0.29, 0.717) is 12.3 Å². The van der Waals surface area contributed by atoms with Crippen LogP contribution in [0.4, 0.5) is 14.5 Å². The quantitative estimate of drug-likeness (QED) is 0.875. The minimum atomic E-state index is -1.30. The Morgan fingerprint density at radius 2 is 2.05 bits per heavy atom. The van der Waals surface area contributed by atoms with Crippen molar-refractivity contribution in [3.05, 3.63) is 59.4 Å². The molecule has 2 rings (SSSR count). The molecule has 104 valence electrons. The third-order valence-electron chi connectivity index (χ3n) is 2.66. The first kappa shape index (κ1) is 14.1. The van der Waals surface area contributed by atoms with E-state index in [-0.39, 0.29) is 0 Å². The zero-order chi connectivity index (χ0) is 14.5. The van der Waals surface area contributed by atoms with Gasteiger partial charge in [-0.1, -0.05) is 18.2 Å². The fraction of sp³-hybridized carbons (Fsp3) is 0.143. The van der Waals surface area contributed by atoms with E-state index in [1.54, 1.807) is 24.3 Å². The Morgan fingerprint density at radius 1 is 1.30 bits per heavy atom. The molecule has 2 aromatic rings. The summed E-state index contributed by atoms with van der Waals surface area (Å²) in [5.41, 5.74) is 0.818. The van der Waals surface area contributed by atoms with Crippen LogP contribution in [0.1, 0.15) is 15.9 Å². The second-order valence-corrected chi connectivity index (χ2v) is 4.01. The fourth-order valence-electron chi connectivity index (χ4n) is 1.71. The third-order valence-corrected chi connectivity index (χ3v) is 2.66. The first-order chi connectivity index (χ1) is 9.63. The standard InChI is InChI=1S/C14H12F2N2O2/c1-20-8-9-4-2-3-5-11(9)18-14(19)10-6-7-17-13(16)12(10)15/h2-7H,8H2,1H3,(H,18,19). The number of carbonyl (C=O) groups is 1. The molecule has 0 atom stereocenters. The molecule has 4 nitrogen and oxygen atoms in total. The molecule has 1 amide bonds. The third kappa shape index (κ3) is 2.97. The number of benzene rings is 1. The summed E-state index contributed by atoms with van der Waals surface area (Å²) in [4.78, 5) is 15.1. The van der Waals surface area contributed by atoms with Crippen LogP contribution in [0.25, 0.3) is 0 Å². The van der Waals surface area contributed by atoms with Crippen molar-refractivity contribution in [1.82, 2.24) is 4.98 Å². The number of halogens is 2. The summed E-state index contributed by atoms with van der Waals surface area (Å²) in [6, 6.07) is 8.05. The molecular weight excluding hydrogens is 266 g/mol. The van der Waals surface area contributed by atoms with Crippen LogP contribution in [0.15, 0.2) is 36.5 Å². The van der Waals surface area contributed by atoms with Crippen molar-refractivity contribution in [2.24, 2.45) is 0 Å². The van der Waals surface area contributed by atoms with Gasteiger partial charge in [0.15, 0.2) is 5.82 Å². The van der Waals surface area contributed by atoms with Gasteiger partial charge in [-0.25, -0.2) is 9.37 Å². The monoisotopic (exact) mass is 278 g/mol. The highest BCUT2D eigenvalue weighted by atomic mass is 19.2. The predicted octanol–water partition coefficient (Wildman–Crippen LogP) is 2.76. The van der Waals surface area contributed by atoms with Crippen molar-refractivity contribution < 1.29 is 18.3 Å². The molecule has 0 radical (unpaired) electrons. The van der Waals surface area contributed by atoms with Crippen molar-refractivity contribution in [2.45, 2.75) is 6.61 Å². The number of carbonyl (C=O) groups excluding carboxylic acids is 1. The number of ether oxygens (including phenoxy) is 1. The highest BCUT2D eigenvalue weighted by Crippen LogP contribution is 2.18. The van der Waals surface area contributed by atoms with E-state index in [9.17, 15) is 13.6 Å².